The molecule has 3 aromatic carbocycles. The molecule has 7 heteroatoms. The van der Waals surface area contributed by atoms with Crippen LogP contribution in [0.15, 0.2) is 66.7 Å². The number of rotatable bonds is 5. The van der Waals surface area contributed by atoms with Gasteiger partial charge >= 0.3 is 0 Å². The van der Waals surface area contributed by atoms with Crippen LogP contribution in [0.4, 0.5) is 11.4 Å². The van der Waals surface area contributed by atoms with E-state index in [1.165, 1.54) is 24.3 Å². The number of hydrogen-bond acceptors (Lipinski definition) is 5. The third-order valence-corrected chi connectivity index (χ3v) is 3.96. The maximum absolute atomic E-state index is 11.0. The fourth-order valence-corrected chi connectivity index (χ4v) is 2.71. The Bertz CT molecular complexity index is 925. The van der Waals surface area contributed by atoms with Crippen molar-refractivity contribution in [2.75, 3.05) is 0 Å². The van der Waals surface area contributed by atoms with Crippen LogP contribution in [0.3, 0.4) is 0 Å². The van der Waals surface area contributed by atoms with Crippen molar-refractivity contribution >= 4 is 11.4 Å². The molecule has 3 aromatic rings. The first-order valence-electron chi connectivity index (χ1n) is 7.72. The molecule has 0 saturated heterocycles. The van der Waals surface area contributed by atoms with Crippen molar-refractivity contribution in [3.63, 3.8) is 0 Å². The van der Waals surface area contributed by atoms with Gasteiger partial charge in [0.1, 0.15) is 0 Å². The zero-order chi connectivity index (χ0) is 18.7. The van der Waals surface area contributed by atoms with Crippen LogP contribution in [0.5, 0.6) is 0 Å². The first kappa shape index (κ1) is 17.2. The summed E-state index contributed by atoms with van der Waals surface area (Å²) in [4.78, 5) is 21.1. The van der Waals surface area contributed by atoms with Gasteiger partial charge in [-0.15, -0.1) is 0 Å². The van der Waals surface area contributed by atoms with E-state index in [1.807, 2.05) is 0 Å². The predicted molar refractivity (Wildman–Crippen MR) is 96.5 cm³/mol. The minimum atomic E-state index is -0.471. The van der Waals surface area contributed by atoms with Crippen LogP contribution >= 0.6 is 0 Å². The van der Waals surface area contributed by atoms with Gasteiger partial charge in [-0.2, -0.15) is 0 Å². The van der Waals surface area contributed by atoms with E-state index in [0.717, 1.165) is 0 Å². The summed E-state index contributed by atoms with van der Waals surface area (Å²) < 4.78 is 0. The summed E-state index contributed by atoms with van der Waals surface area (Å²) in [5, 5.41) is 31.5. The van der Waals surface area contributed by atoms with E-state index >= 15 is 0 Å². The third-order valence-electron chi connectivity index (χ3n) is 3.96. The average molecular weight is 350 g/mol. The zero-order valence-electron chi connectivity index (χ0n) is 13.5. The lowest BCUT2D eigenvalue weighted by atomic mass is 9.96. The van der Waals surface area contributed by atoms with Gasteiger partial charge in [0.25, 0.3) is 11.4 Å². The molecule has 0 saturated carbocycles. The van der Waals surface area contributed by atoms with Crippen molar-refractivity contribution in [3.8, 4) is 22.3 Å². The van der Waals surface area contributed by atoms with Crippen LogP contribution in [-0.2, 0) is 6.61 Å². The summed E-state index contributed by atoms with van der Waals surface area (Å²) >= 11 is 0. The van der Waals surface area contributed by atoms with Crippen molar-refractivity contribution in [1.82, 2.24) is 0 Å². The molecule has 0 heterocycles. The van der Waals surface area contributed by atoms with Gasteiger partial charge in [0.15, 0.2) is 0 Å². The molecule has 0 atom stereocenters. The lowest BCUT2D eigenvalue weighted by Crippen LogP contribution is -1.92. The highest BCUT2D eigenvalue weighted by atomic mass is 16.6. The number of nitro benzene ring substituents is 2. The Labute approximate surface area is 148 Å². The summed E-state index contributed by atoms with van der Waals surface area (Å²) in [5.41, 5.74) is 3.16. The van der Waals surface area contributed by atoms with E-state index in [1.54, 1.807) is 42.5 Å². The van der Waals surface area contributed by atoms with E-state index in [0.29, 0.717) is 27.8 Å². The second kappa shape index (κ2) is 7.12. The predicted octanol–water partition coefficient (Wildman–Crippen LogP) is 4.33. The maximum Gasteiger partial charge on any atom is 0.270 e. The highest BCUT2D eigenvalue weighted by Gasteiger charge is 2.12. The number of nitrogens with zero attached hydrogens (tertiary/aromatic N) is 2. The zero-order valence-corrected chi connectivity index (χ0v) is 13.5. The number of hydrogen-bond donors (Lipinski definition) is 1. The minimum absolute atomic E-state index is 0.0335. The molecule has 130 valence electrons. The first-order valence-corrected chi connectivity index (χ1v) is 7.72. The number of aliphatic hydroxyl groups excluding tert-OH is 1. The Hall–Kier alpha value is -3.58. The third kappa shape index (κ3) is 3.57. The summed E-state index contributed by atoms with van der Waals surface area (Å²) in [5.74, 6) is 0. The fourth-order valence-electron chi connectivity index (χ4n) is 2.71. The number of aliphatic hydroxyl groups is 1. The van der Waals surface area contributed by atoms with Crippen LogP contribution in [0, 0.1) is 20.2 Å². The number of nitro groups is 2. The highest BCUT2D eigenvalue weighted by molar-refractivity contribution is 5.76. The monoisotopic (exact) mass is 350 g/mol. The van der Waals surface area contributed by atoms with E-state index in [4.69, 9.17) is 0 Å². The largest absolute Gasteiger partial charge is 0.392 e. The molecule has 0 unspecified atom stereocenters. The van der Waals surface area contributed by atoms with Gasteiger partial charge in [0, 0.05) is 24.3 Å². The lowest BCUT2D eigenvalue weighted by Gasteiger charge is -2.09. The van der Waals surface area contributed by atoms with Crippen molar-refractivity contribution in [3.05, 3.63) is 92.5 Å². The molecule has 0 aromatic heterocycles. The molecule has 0 aliphatic carbocycles. The van der Waals surface area contributed by atoms with Gasteiger partial charge in [0.2, 0.25) is 0 Å². The Balaban J connectivity index is 2.13. The summed E-state index contributed by atoms with van der Waals surface area (Å²) in [6.07, 6.45) is 0. The molecular weight excluding hydrogens is 336 g/mol. The molecule has 0 fully saturated rings. The second-order valence-corrected chi connectivity index (χ2v) is 5.69. The van der Waals surface area contributed by atoms with Gasteiger partial charge in [-0.25, -0.2) is 0 Å². The number of non-ortho nitro benzene ring substituents is 2. The van der Waals surface area contributed by atoms with E-state index < -0.39 is 9.85 Å². The molecule has 0 aliphatic heterocycles. The lowest BCUT2D eigenvalue weighted by molar-refractivity contribution is -0.385. The molecule has 0 spiro atoms. The molecule has 0 aliphatic rings. The Kier molecular flexibility index (Phi) is 4.72. The van der Waals surface area contributed by atoms with Crippen LogP contribution in [0.2, 0.25) is 0 Å². The van der Waals surface area contributed by atoms with Crippen LogP contribution < -0.4 is 0 Å². The first-order chi connectivity index (χ1) is 12.5. The second-order valence-electron chi connectivity index (χ2n) is 5.69. The molecule has 0 amide bonds. The van der Waals surface area contributed by atoms with Crippen molar-refractivity contribution < 1.29 is 15.0 Å². The van der Waals surface area contributed by atoms with Gasteiger partial charge in [-0.1, -0.05) is 24.3 Å². The van der Waals surface area contributed by atoms with Gasteiger partial charge in [-0.3, -0.25) is 20.2 Å². The van der Waals surface area contributed by atoms with E-state index in [2.05, 4.69) is 0 Å². The fraction of sp³-hybridized carbons (Fsp3) is 0.0526. The summed E-state index contributed by atoms with van der Waals surface area (Å²) in [7, 11) is 0. The quantitative estimate of drug-likeness (QED) is 0.544. The Morgan fingerprint density at radius 1 is 0.692 bits per heavy atom. The Morgan fingerprint density at radius 2 is 1.15 bits per heavy atom. The summed E-state index contributed by atoms with van der Waals surface area (Å²) in [6, 6.07) is 17.6. The topological polar surface area (TPSA) is 107 Å². The molecular formula is C19H14N2O5. The Morgan fingerprint density at radius 3 is 1.54 bits per heavy atom. The number of benzene rings is 3. The molecule has 7 nitrogen and oxygen atoms in total. The highest BCUT2D eigenvalue weighted by Crippen LogP contribution is 2.31. The van der Waals surface area contributed by atoms with Gasteiger partial charge < -0.3 is 5.11 Å². The average Bonchev–Trinajstić information content (AvgIpc) is 2.67. The van der Waals surface area contributed by atoms with Crippen LogP contribution in [-0.4, -0.2) is 15.0 Å². The van der Waals surface area contributed by atoms with Crippen molar-refractivity contribution in [1.29, 1.82) is 0 Å². The standard InChI is InChI=1S/C19H14N2O5/c22-12-13-7-16(14-3-1-5-18(10-14)20(23)24)9-17(8-13)15-4-2-6-19(11-15)21(25)26/h1-11,22H,12H2. The normalized spacial score (nSPS) is 10.5. The molecule has 0 radical (unpaired) electrons. The molecule has 26 heavy (non-hydrogen) atoms. The SMILES string of the molecule is O=[N+]([O-])c1cccc(-c2cc(CO)cc(-c3cccc([N+](=O)[O-])c3)c2)c1. The van der Waals surface area contributed by atoms with E-state index in [-0.39, 0.29) is 18.0 Å². The van der Waals surface area contributed by atoms with Gasteiger partial charge in [-0.05, 0) is 46.0 Å². The van der Waals surface area contributed by atoms with Crippen molar-refractivity contribution in [2.24, 2.45) is 0 Å². The van der Waals surface area contributed by atoms with Crippen LogP contribution in [0.1, 0.15) is 5.56 Å². The minimum Gasteiger partial charge on any atom is -0.392 e. The maximum atomic E-state index is 11.0. The van der Waals surface area contributed by atoms with E-state index in [9.17, 15) is 25.3 Å². The van der Waals surface area contributed by atoms with Gasteiger partial charge in [0.05, 0.1) is 16.5 Å². The molecule has 1 N–H and O–H groups in total. The molecule has 3 rings (SSSR count). The smallest absolute Gasteiger partial charge is 0.270 e. The molecule has 0 bridgehead atoms. The van der Waals surface area contributed by atoms with Crippen molar-refractivity contribution in [2.45, 2.75) is 6.61 Å². The summed E-state index contributed by atoms with van der Waals surface area (Å²) in [6.45, 7) is -0.218. The van der Waals surface area contributed by atoms with Crippen LogP contribution in [0.25, 0.3) is 22.3 Å².